The number of carbonyl (C=O) groups is 1. The van der Waals surface area contributed by atoms with E-state index in [0.29, 0.717) is 12.1 Å². The van der Waals surface area contributed by atoms with Crippen molar-refractivity contribution in [3.8, 4) is 11.5 Å². The van der Waals surface area contributed by atoms with Gasteiger partial charge in [0.25, 0.3) is 0 Å². The standard InChI is InChI=1S/C13H13F2NO5/c14-13(15)20-9-3-1-2-8(11(9)21-13)6-16-4-5-19-10(7-16)12(17)18/h1-3,10H,4-7H2,(H,17,18). The summed E-state index contributed by atoms with van der Waals surface area (Å²) < 4.78 is 40.2. The van der Waals surface area contributed by atoms with Crippen LogP contribution in [0.1, 0.15) is 5.56 Å². The van der Waals surface area contributed by atoms with Gasteiger partial charge in [0, 0.05) is 25.2 Å². The van der Waals surface area contributed by atoms with Gasteiger partial charge >= 0.3 is 12.3 Å². The van der Waals surface area contributed by atoms with E-state index < -0.39 is 18.4 Å². The van der Waals surface area contributed by atoms with Crippen molar-refractivity contribution in [2.45, 2.75) is 18.9 Å². The highest BCUT2D eigenvalue weighted by atomic mass is 19.3. The van der Waals surface area contributed by atoms with Crippen LogP contribution < -0.4 is 9.47 Å². The van der Waals surface area contributed by atoms with E-state index in [1.165, 1.54) is 6.07 Å². The molecule has 0 bridgehead atoms. The molecule has 6 nitrogen and oxygen atoms in total. The Hall–Kier alpha value is -1.93. The summed E-state index contributed by atoms with van der Waals surface area (Å²) in [6, 6.07) is 4.64. The smallest absolute Gasteiger partial charge is 0.479 e. The lowest BCUT2D eigenvalue weighted by molar-refractivity contribution is -0.287. The van der Waals surface area contributed by atoms with Crippen molar-refractivity contribution in [1.29, 1.82) is 0 Å². The van der Waals surface area contributed by atoms with Crippen LogP contribution in [-0.2, 0) is 16.1 Å². The van der Waals surface area contributed by atoms with E-state index in [1.54, 1.807) is 12.1 Å². The number of alkyl halides is 2. The van der Waals surface area contributed by atoms with Gasteiger partial charge in [-0.05, 0) is 6.07 Å². The van der Waals surface area contributed by atoms with Crippen molar-refractivity contribution in [1.82, 2.24) is 4.90 Å². The molecular formula is C13H13F2NO5. The molecule has 1 aromatic carbocycles. The third-order valence-corrected chi connectivity index (χ3v) is 3.33. The number of hydrogen-bond donors (Lipinski definition) is 1. The summed E-state index contributed by atoms with van der Waals surface area (Å²) in [5.41, 5.74) is 0.524. The maximum Gasteiger partial charge on any atom is 0.586 e. The number of fused-ring (bicyclic) bond motifs is 1. The molecule has 2 aliphatic heterocycles. The van der Waals surface area contributed by atoms with E-state index in [1.807, 2.05) is 4.90 Å². The normalized spacial score (nSPS) is 24.0. The molecule has 2 aliphatic rings. The van der Waals surface area contributed by atoms with Gasteiger partial charge in [0.05, 0.1) is 6.61 Å². The Morgan fingerprint density at radius 3 is 3.00 bits per heavy atom. The van der Waals surface area contributed by atoms with E-state index in [4.69, 9.17) is 9.84 Å². The largest absolute Gasteiger partial charge is 0.586 e. The average molecular weight is 301 g/mol. The summed E-state index contributed by atoms with van der Waals surface area (Å²) in [5.74, 6) is -1.05. The minimum absolute atomic E-state index is 0.000803. The Morgan fingerprint density at radius 1 is 1.43 bits per heavy atom. The van der Waals surface area contributed by atoms with Crippen molar-refractivity contribution >= 4 is 5.97 Å². The zero-order valence-electron chi connectivity index (χ0n) is 10.9. The van der Waals surface area contributed by atoms with Crippen LogP contribution in [0.4, 0.5) is 8.78 Å². The second-order valence-corrected chi connectivity index (χ2v) is 4.84. The fraction of sp³-hybridized carbons (Fsp3) is 0.462. The lowest BCUT2D eigenvalue weighted by Crippen LogP contribution is -2.45. The summed E-state index contributed by atoms with van der Waals surface area (Å²) in [5, 5.41) is 8.95. The maximum absolute atomic E-state index is 13.1. The number of benzene rings is 1. The molecule has 1 atom stereocenters. The van der Waals surface area contributed by atoms with Crippen molar-refractivity contribution < 1.29 is 32.9 Å². The number of rotatable bonds is 3. The fourth-order valence-electron chi connectivity index (χ4n) is 2.39. The van der Waals surface area contributed by atoms with E-state index in [2.05, 4.69) is 9.47 Å². The molecule has 0 saturated carbocycles. The predicted octanol–water partition coefficient (Wildman–Crippen LogP) is 1.29. The molecule has 21 heavy (non-hydrogen) atoms. The number of halogens is 2. The molecule has 1 fully saturated rings. The molecule has 0 radical (unpaired) electrons. The highest BCUT2D eigenvalue weighted by Crippen LogP contribution is 2.43. The van der Waals surface area contributed by atoms with Crippen LogP contribution in [-0.4, -0.2) is 48.1 Å². The molecule has 0 spiro atoms. The van der Waals surface area contributed by atoms with Gasteiger partial charge in [-0.1, -0.05) is 12.1 Å². The first-order valence-corrected chi connectivity index (χ1v) is 6.39. The highest BCUT2D eigenvalue weighted by Gasteiger charge is 2.44. The predicted molar refractivity (Wildman–Crippen MR) is 65.3 cm³/mol. The quantitative estimate of drug-likeness (QED) is 0.907. The highest BCUT2D eigenvalue weighted by molar-refractivity contribution is 5.72. The number of carboxylic acid groups (broad SMARTS) is 1. The van der Waals surface area contributed by atoms with Gasteiger partial charge in [-0.25, -0.2) is 4.79 Å². The van der Waals surface area contributed by atoms with Gasteiger partial charge in [-0.3, -0.25) is 4.90 Å². The zero-order valence-corrected chi connectivity index (χ0v) is 10.9. The summed E-state index contributed by atoms with van der Waals surface area (Å²) in [7, 11) is 0. The molecule has 0 aromatic heterocycles. The zero-order chi connectivity index (χ0) is 15.0. The van der Waals surface area contributed by atoms with E-state index >= 15 is 0 Å². The number of para-hydroxylation sites is 1. The third-order valence-electron chi connectivity index (χ3n) is 3.33. The van der Waals surface area contributed by atoms with Crippen LogP contribution in [0.15, 0.2) is 18.2 Å². The topological polar surface area (TPSA) is 68.2 Å². The summed E-state index contributed by atoms with van der Waals surface area (Å²) in [6.45, 7) is 1.27. The van der Waals surface area contributed by atoms with E-state index in [-0.39, 0.29) is 31.2 Å². The van der Waals surface area contributed by atoms with Crippen LogP contribution >= 0.6 is 0 Å². The summed E-state index contributed by atoms with van der Waals surface area (Å²) in [6.07, 6.45) is -4.57. The Kier molecular flexibility index (Phi) is 3.42. The third kappa shape index (κ3) is 2.91. The minimum atomic E-state index is -3.66. The van der Waals surface area contributed by atoms with Crippen molar-refractivity contribution in [3.05, 3.63) is 23.8 Å². The Morgan fingerprint density at radius 2 is 2.24 bits per heavy atom. The van der Waals surface area contributed by atoms with Crippen LogP contribution in [0.25, 0.3) is 0 Å². The molecule has 1 N–H and O–H groups in total. The van der Waals surface area contributed by atoms with Gasteiger partial charge < -0.3 is 19.3 Å². The lowest BCUT2D eigenvalue weighted by Gasteiger charge is -2.30. The molecule has 0 aliphatic carbocycles. The second-order valence-electron chi connectivity index (χ2n) is 4.84. The van der Waals surface area contributed by atoms with Crippen LogP contribution in [0.5, 0.6) is 11.5 Å². The first-order valence-electron chi connectivity index (χ1n) is 6.39. The molecule has 2 heterocycles. The van der Waals surface area contributed by atoms with Crippen LogP contribution in [0.3, 0.4) is 0 Å². The minimum Gasteiger partial charge on any atom is -0.479 e. The Balaban J connectivity index is 1.75. The summed E-state index contributed by atoms with van der Waals surface area (Å²) >= 11 is 0. The maximum atomic E-state index is 13.1. The molecule has 1 saturated heterocycles. The van der Waals surface area contributed by atoms with Crippen LogP contribution in [0, 0.1) is 0 Å². The molecule has 114 valence electrons. The SMILES string of the molecule is O=C(O)C1CN(Cc2cccc3c2OC(F)(F)O3)CCO1. The molecular weight excluding hydrogens is 288 g/mol. The number of aliphatic carboxylic acids is 1. The molecule has 3 rings (SSSR count). The van der Waals surface area contributed by atoms with E-state index in [9.17, 15) is 13.6 Å². The van der Waals surface area contributed by atoms with Crippen molar-refractivity contribution in [2.75, 3.05) is 19.7 Å². The number of morpholine rings is 1. The number of nitrogens with zero attached hydrogens (tertiary/aromatic N) is 1. The molecule has 1 aromatic rings. The van der Waals surface area contributed by atoms with Gasteiger partial charge in [-0.15, -0.1) is 8.78 Å². The van der Waals surface area contributed by atoms with Gasteiger partial charge in [0.1, 0.15) is 0 Å². The lowest BCUT2D eigenvalue weighted by atomic mass is 10.1. The number of ether oxygens (including phenoxy) is 3. The number of carboxylic acids is 1. The van der Waals surface area contributed by atoms with Crippen molar-refractivity contribution in [2.24, 2.45) is 0 Å². The van der Waals surface area contributed by atoms with E-state index in [0.717, 1.165) is 0 Å². The van der Waals surface area contributed by atoms with Gasteiger partial charge in [0.2, 0.25) is 0 Å². The second kappa shape index (κ2) is 5.12. The average Bonchev–Trinajstić information content (AvgIpc) is 2.74. The Bertz CT molecular complexity index is 565. The molecule has 8 heteroatoms. The Labute approximate surface area is 118 Å². The molecule has 0 amide bonds. The number of hydrogen-bond acceptors (Lipinski definition) is 5. The first-order chi connectivity index (χ1) is 9.94. The molecule has 1 unspecified atom stereocenters. The monoisotopic (exact) mass is 301 g/mol. The van der Waals surface area contributed by atoms with Gasteiger partial charge in [-0.2, -0.15) is 0 Å². The van der Waals surface area contributed by atoms with Gasteiger partial charge in [0.15, 0.2) is 17.6 Å². The summed E-state index contributed by atoms with van der Waals surface area (Å²) in [4.78, 5) is 12.7. The fourth-order valence-corrected chi connectivity index (χ4v) is 2.39. The van der Waals surface area contributed by atoms with Crippen molar-refractivity contribution in [3.63, 3.8) is 0 Å². The first kappa shape index (κ1) is 14.0. The van der Waals surface area contributed by atoms with Crippen LogP contribution in [0.2, 0.25) is 0 Å².